The number of aromatic nitrogens is 2. The lowest BCUT2D eigenvalue weighted by Gasteiger charge is -2.15. The van der Waals surface area contributed by atoms with E-state index in [0.29, 0.717) is 23.3 Å². The minimum absolute atomic E-state index is 0.118. The van der Waals surface area contributed by atoms with Gasteiger partial charge in [0.2, 0.25) is 11.3 Å². The molecule has 31 heavy (non-hydrogen) atoms. The van der Waals surface area contributed by atoms with Gasteiger partial charge in [0.25, 0.3) is 0 Å². The highest BCUT2D eigenvalue weighted by Gasteiger charge is 2.17. The Bertz CT molecular complexity index is 1180. The van der Waals surface area contributed by atoms with Gasteiger partial charge in [-0.15, -0.1) is 0 Å². The average Bonchev–Trinajstić information content (AvgIpc) is 2.74. The van der Waals surface area contributed by atoms with Crippen LogP contribution in [-0.2, 0) is 17.7 Å². The third-order valence-corrected chi connectivity index (χ3v) is 5.00. The van der Waals surface area contributed by atoms with E-state index in [2.05, 4.69) is 20.0 Å². The van der Waals surface area contributed by atoms with Crippen LogP contribution in [0.4, 0.5) is 26.0 Å². The number of benzene rings is 2. The van der Waals surface area contributed by atoms with Gasteiger partial charge in [0, 0.05) is 20.6 Å². The van der Waals surface area contributed by atoms with Gasteiger partial charge in [0.1, 0.15) is 34.5 Å². The van der Waals surface area contributed by atoms with Crippen molar-refractivity contribution in [1.29, 1.82) is 5.26 Å². The van der Waals surface area contributed by atoms with Gasteiger partial charge >= 0.3 is 0 Å². The van der Waals surface area contributed by atoms with Crippen LogP contribution in [0.5, 0.6) is 0 Å². The van der Waals surface area contributed by atoms with E-state index in [1.54, 1.807) is 31.3 Å². The zero-order valence-corrected chi connectivity index (χ0v) is 17.6. The first-order valence-electron chi connectivity index (χ1n) is 9.27. The van der Waals surface area contributed by atoms with Crippen molar-refractivity contribution in [3.8, 4) is 6.07 Å². The third kappa shape index (κ3) is 5.11. The molecular formula is C20H20F2N6O2S. The minimum Gasteiger partial charge on any atom is -0.361 e. The Morgan fingerprint density at radius 1 is 1.26 bits per heavy atom. The molecule has 0 saturated carbocycles. The Morgan fingerprint density at radius 3 is 2.71 bits per heavy atom. The van der Waals surface area contributed by atoms with Crippen LogP contribution in [0.25, 0.3) is 11.0 Å². The van der Waals surface area contributed by atoms with E-state index in [1.165, 1.54) is 12.1 Å². The van der Waals surface area contributed by atoms with Crippen molar-refractivity contribution in [2.45, 2.75) is 12.8 Å². The van der Waals surface area contributed by atoms with E-state index in [0.717, 1.165) is 6.07 Å². The third-order valence-electron chi connectivity index (χ3n) is 4.55. The molecule has 1 atom stereocenters. The summed E-state index contributed by atoms with van der Waals surface area (Å²) in [6, 6.07) is 7.64. The zero-order valence-electron chi connectivity index (χ0n) is 16.8. The van der Waals surface area contributed by atoms with Crippen molar-refractivity contribution in [1.82, 2.24) is 14.7 Å². The molecule has 0 amide bonds. The van der Waals surface area contributed by atoms with Crippen molar-refractivity contribution >= 4 is 39.5 Å². The van der Waals surface area contributed by atoms with Crippen molar-refractivity contribution < 1.29 is 17.5 Å². The zero-order chi connectivity index (χ0) is 22.5. The highest BCUT2D eigenvalue weighted by atomic mass is 32.2. The largest absolute Gasteiger partial charge is 0.361 e. The van der Waals surface area contributed by atoms with Gasteiger partial charge in [0.05, 0.1) is 17.4 Å². The lowest BCUT2D eigenvalue weighted by Crippen LogP contribution is -2.18. The second-order valence-corrected chi connectivity index (χ2v) is 7.64. The van der Waals surface area contributed by atoms with Gasteiger partial charge in [-0.3, -0.25) is 9.54 Å². The predicted molar refractivity (Wildman–Crippen MR) is 115 cm³/mol. The van der Waals surface area contributed by atoms with Crippen LogP contribution in [0.1, 0.15) is 17.5 Å². The SMILES string of the molecule is CN(C)c1cnc2ccc(Nc3c(F)ccc(CCCNS(=O)O)c3F)c(C#N)c2n1. The standard InChI is InChI=1S/C20H20F2N6O2S/c1-28(2)17-11-24-16-8-7-15(13(10-23)19(16)27-17)26-20-14(21)6-5-12(18(20)22)4-3-9-25-31(29)30/h5-8,11,25-26H,3-4,9H2,1-2H3,(H,29,30). The number of nitrogens with one attached hydrogen (secondary N) is 2. The second kappa shape index (κ2) is 9.74. The summed E-state index contributed by atoms with van der Waals surface area (Å²) in [4.78, 5) is 10.5. The molecule has 3 N–H and O–H groups in total. The molecule has 3 aromatic rings. The molecule has 0 bridgehead atoms. The van der Waals surface area contributed by atoms with Crippen molar-refractivity contribution in [2.75, 3.05) is 30.9 Å². The Balaban J connectivity index is 1.95. The fraction of sp³-hybridized carbons (Fsp3) is 0.250. The molecule has 0 aliphatic rings. The van der Waals surface area contributed by atoms with E-state index >= 15 is 0 Å². The number of rotatable bonds is 8. The summed E-state index contributed by atoms with van der Waals surface area (Å²) in [6.45, 7) is 0.193. The molecule has 2 aromatic carbocycles. The smallest absolute Gasteiger partial charge is 0.231 e. The quantitative estimate of drug-likeness (QED) is 0.359. The van der Waals surface area contributed by atoms with E-state index in [-0.39, 0.29) is 35.5 Å². The Kier molecular flexibility index (Phi) is 7.06. The second-order valence-electron chi connectivity index (χ2n) is 6.86. The molecule has 1 unspecified atom stereocenters. The fourth-order valence-corrected chi connectivity index (χ4v) is 3.30. The topological polar surface area (TPSA) is 114 Å². The van der Waals surface area contributed by atoms with Crippen LogP contribution in [0.15, 0.2) is 30.5 Å². The van der Waals surface area contributed by atoms with Crippen LogP contribution in [0.3, 0.4) is 0 Å². The first-order chi connectivity index (χ1) is 14.8. The normalized spacial score (nSPS) is 11.9. The fourth-order valence-electron chi connectivity index (χ4n) is 2.98. The lowest BCUT2D eigenvalue weighted by molar-refractivity contribution is 0.545. The Labute approximate surface area is 180 Å². The number of halogens is 2. The number of hydrogen-bond acceptors (Lipinski definition) is 6. The van der Waals surface area contributed by atoms with Gasteiger partial charge in [-0.1, -0.05) is 6.07 Å². The van der Waals surface area contributed by atoms with Gasteiger partial charge < -0.3 is 10.2 Å². The summed E-state index contributed by atoms with van der Waals surface area (Å²) in [7, 11) is 3.57. The molecule has 0 aliphatic carbocycles. The molecule has 0 saturated heterocycles. The molecular weight excluding hydrogens is 426 g/mol. The summed E-state index contributed by atoms with van der Waals surface area (Å²) < 4.78 is 51.0. The van der Waals surface area contributed by atoms with Crippen molar-refractivity contribution in [2.24, 2.45) is 0 Å². The van der Waals surface area contributed by atoms with Gasteiger partial charge in [-0.25, -0.2) is 22.7 Å². The van der Waals surface area contributed by atoms with E-state index in [1.807, 2.05) is 6.07 Å². The molecule has 8 nitrogen and oxygen atoms in total. The number of anilines is 3. The summed E-state index contributed by atoms with van der Waals surface area (Å²) in [5.41, 5.74) is 0.974. The van der Waals surface area contributed by atoms with Crippen molar-refractivity contribution in [3.05, 3.63) is 53.2 Å². The van der Waals surface area contributed by atoms with Crippen LogP contribution in [-0.4, -0.2) is 39.4 Å². The number of nitrogens with zero attached hydrogens (tertiary/aromatic N) is 4. The monoisotopic (exact) mass is 446 g/mol. The summed E-state index contributed by atoms with van der Waals surface area (Å²) >= 11 is -2.14. The number of nitriles is 1. The first kappa shape index (κ1) is 22.5. The van der Waals surface area contributed by atoms with Crippen LogP contribution in [0, 0.1) is 23.0 Å². The Hall–Kier alpha value is -3.20. The van der Waals surface area contributed by atoms with Crippen molar-refractivity contribution in [3.63, 3.8) is 0 Å². The Morgan fingerprint density at radius 2 is 2.03 bits per heavy atom. The van der Waals surface area contributed by atoms with E-state index in [9.17, 15) is 18.3 Å². The maximum Gasteiger partial charge on any atom is 0.231 e. The molecule has 1 aromatic heterocycles. The molecule has 0 spiro atoms. The lowest BCUT2D eigenvalue weighted by atomic mass is 10.1. The number of fused-ring (bicyclic) bond motifs is 1. The first-order valence-corrected chi connectivity index (χ1v) is 10.4. The van der Waals surface area contributed by atoms with Gasteiger partial charge in [-0.2, -0.15) is 5.26 Å². The molecule has 0 radical (unpaired) electrons. The molecule has 162 valence electrons. The van der Waals surface area contributed by atoms with Gasteiger partial charge in [-0.05, 0) is 36.6 Å². The minimum atomic E-state index is -2.14. The number of aryl methyl sites for hydroxylation is 1. The van der Waals surface area contributed by atoms with Crippen LogP contribution >= 0.6 is 0 Å². The predicted octanol–water partition coefficient (Wildman–Crippen LogP) is 3.25. The maximum absolute atomic E-state index is 15.0. The van der Waals surface area contributed by atoms with E-state index in [4.69, 9.17) is 4.55 Å². The molecule has 0 fully saturated rings. The maximum atomic E-state index is 15.0. The highest BCUT2D eigenvalue weighted by Crippen LogP contribution is 2.31. The average molecular weight is 446 g/mol. The summed E-state index contributed by atoms with van der Waals surface area (Å²) in [5, 5.41) is 12.4. The van der Waals surface area contributed by atoms with Gasteiger partial charge in [0.15, 0.2) is 5.82 Å². The number of hydrogen-bond donors (Lipinski definition) is 3. The van der Waals surface area contributed by atoms with Crippen LogP contribution < -0.4 is 14.9 Å². The molecule has 11 heteroatoms. The summed E-state index contributed by atoms with van der Waals surface area (Å²) in [6.07, 6.45) is 2.17. The summed E-state index contributed by atoms with van der Waals surface area (Å²) in [5.74, 6) is -1.06. The van der Waals surface area contributed by atoms with E-state index < -0.39 is 22.9 Å². The molecule has 0 aliphatic heterocycles. The molecule has 3 rings (SSSR count). The molecule has 1 heterocycles. The highest BCUT2D eigenvalue weighted by molar-refractivity contribution is 7.77. The van der Waals surface area contributed by atoms with Crippen LogP contribution in [0.2, 0.25) is 0 Å².